The van der Waals surface area contributed by atoms with Gasteiger partial charge in [-0.15, -0.1) is 0 Å². The molecular formula is C10H9N3S. The highest BCUT2D eigenvalue weighted by Gasteiger charge is 2.28. The van der Waals surface area contributed by atoms with Crippen LogP contribution in [-0.2, 0) is 0 Å². The number of fused-ring (bicyclic) bond motifs is 1. The molecule has 0 aliphatic carbocycles. The van der Waals surface area contributed by atoms with Gasteiger partial charge in [0.05, 0.1) is 11.5 Å². The first-order valence-corrected chi connectivity index (χ1v) is 5.45. The van der Waals surface area contributed by atoms with Crippen LogP contribution in [0.4, 0.5) is 5.69 Å². The molecule has 0 radical (unpaired) electrons. The molecule has 2 aliphatic rings. The molecule has 0 unspecified atom stereocenters. The molecular weight excluding hydrogens is 194 g/mol. The van der Waals surface area contributed by atoms with E-state index in [2.05, 4.69) is 26.4 Å². The van der Waals surface area contributed by atoms with E-state index in [1.165, 1.54) is 5.69 Å². The molecule has 0 fully saturated rings. The Bertz CT molecular complexity index is 411. The lowest BCUT2D eigenvalue weighted by atomic mass is 10.3. The van der Waals surface area contributed by atoms with E-state index in [1.807, 2.05) is 18.2 Å². The largest absolute Gasteiger partial charge is 0.304 e. The Hall–Kier alpha value is -1.29. The second-order valence-electron chi connectivity index (χ2n) is 3.20. The normalized spacial score (nSPS) is 19.3. The van der Waals surface area contributed by atoms with Gasteiger partial charge in [0, 0.05) is 5.69 Å². The van der Waals surface area contributed by atoms with E-state index in [1.54, 1.807) is 11.9 Å². The molecule has 2 aliphatic heterocycles. The minimum absolute atomic E-state index is 0.721. The van der Waals surface area contributed by atoms with Crippen molar-refractivity contribution in [3.05, 3.63) is 30.3 Å². The summed E-state index contributed by atoms with van der Waals surface area (Å²) in [6.07, 6.45) is 0. The summed E-state index contributed by atoms with van der Waals surface area (Å²) in [5.74, 6) is 1.97. The first-order valence-electron chi connectivity index (χ1n) is 4.51. The summed E-state index contributed by atoms with van der Waals surface area (Å²) in [6, 6.07) is 10.3. The first kappa shape index (κ1) is 8.05. The number of rotatable bonds is 1. The summed E-state index contributed by atoms with van der Waals surface area (Å²) < 4.78 is 4.38. The number of amidine groups is 1. The van der Waals surface area contributed by atoms with E-state index in [-0.39, 0.29) is 0 Å². The molecule has 2 heterocycles. The van der Waals surface area contributed by atoms with Crippen LogP contribution < -0.4 is 4.90 Å². The molecule has 0 spiro atoms. The Morgan fingerprint density at radius 1 is 1.21 bits per heavy atom. The highest BCUT2D eigenvalue weighted by molar-refractivity contribution is 7.99. The molecule has 3 nitrogen and oxygen atoms in total. The molecule has 0 atom stereocenters. The molecule has 0 aromatic heterocycles. The van der Waals surface area contributed by atoms with Crippen LogP contribution in [0.5, 0.6) is 0 Å². The smallest absolute Gasteiger partial charge is 0.164 e. The highest BCUT2D eigenvalue weighted by Crippen LogP contribution is 2.25. The van der Waals surface area contributed by atoms with Crippen molar-refractivity contribution >= 4 is 29.2 Å². The summed E-state index contributed by atoms with van der Waals surface area (Å²) >= 11 is 1.58. The zero-order chi connectivity index (χ0) is 9.38. The summed E-state index contributed by atoms with van der Waals surface area (Å²) in [4.78, 5) is 6.59. The molecule has 1 aromatic rings. The maximum atomic E-state index is 4.45. The maximum Gasteiger partial charge on any atom is 0.164 e. The van der Waals surface area contributed by atoms with Crippen LogP contribution in [0, 0.1) is 0 Å². The van der Waals surface area contributed by atoms with Crippen LogP contribution in [0.2, 0.25) is 0 Å². The van der Waals surface area contributed by atoms with E-state index in [0.29, 0.717) is 0 Å². The number of aliphatic imine (C=N–C) groups is 1. The zero-order valence-electron chi connectivity index (χ0n) is 7.55. The van der Waals surface area contributed by atoms with Crippen molar-refractivity contribution in [3.63, 3.8) is 0 Å². The molecule has 3 rings (SSSR count). The summed E-state index contributed by atoms with van der Waals surface area (Å²) in [5, 5.41) is 0. The average Bonchev–Trinajstić information content (AvgIpc) is 2.79. The molecule has 0 saturated carbocycles. The van der Waals surface area contributed by atoms with E-state index in [9.17, 15) is 0 Å². The first-order chi connectivity index (χ1) is 6.95. The van der Waals surface area contributed by atoms with Crippen molar-refractivity contribution < 1.29 is 0 Å². The average molecular weight is 203 g/mol. The van der Waals surface area contributed by atoms with Gasteiger partial charge in [0.2, 0.25) is 0 Å². The molecule has 70 valence electrons. The Kier molecular flexibility index (Phi) is 1.80. The minimum atomic E-state index is 0.721. The summed E-state index contributed by atoms with van der Waals surface area (Å²) in [6.45, 7) is 0.721. The fraction of sp³-hybridized carbons (Fsp3) is 0.200. The molecule has 0 amide bonds. The van der Waals surface area contributed by atoms with Gasteiger partial charge < -0.3 is 4.90 Å². The van der Waals surface area contributed by atoms with Gasteiger partial charge in [0.1, 0.15) is 6.67 Å². The third kappa shape index (κ3) is 1.14. The summed E-state index contributed by atoms with van der Waals surface area (Å²) in [5.41, 5.74) is 2.31. The lowest BCUT2D eigenvalue weighted by molar-refractivity contribution is 1.05. The van der Waals surface area contributed by atoms with Gasteiger partial charge in [-0.2, -0.15) is 4.40 Å². The Labute approximate surface area is 86.7 Å². The predicted molar refractivity (Wildman–Crippen MR) is 61.1 cm³/mol. The SMILES string of the molecule is c1ccc(N2CN=C3CSN=C32)cc1. The Morgan fingerprint density at radius 3 is 2.93 bits per heavy atom. The van der Waals surface area contributed by atoms with E-state index in [0.717, 1.165) is 24.0 Å². The molecule has 1 aromatic carbocycles. The second kappa shape index (κ2) is 3.13. The van der Waals surface area contributed by atoms with Crippen LogP contribution >= 0.6 is 11.9 Å². The fourth-order valence-electron chi connectivity index (χ4n) is 1.63. The lowest BCUT2D eigenvalue weighted by Crippen LogP contribution is -2.28. The van der Waals surface area contributed by atoms with E-state index >= 15 is 0 Å². The quantitative estimate of drug-likeness (QED) is 0.653. The molecule has 0 bridgehead atoms. The van der Waals surface area contributed by atoms with Gasteiger partial charge in [0.25, 0.3) is 0 Å². The van der Waals surface area contributed by atoms with Crippen LogP contribution in [-0.4, -0.2) is 24.0 Å². The molecule has 0 N–H and O–H groups in total. The summed E-state index contributed by atoms with van der Waals surface area (Å²) in [7, 11) is 0. The predicted octanol–water partition coefficient (Wildman–Crippen LogP) is 1.97. The number of para-hydroxylation sites is 1. The molecule has 14 heavy (non-hydrogen) atoms. The lowest BCUT2D eigenvalue weighted by Gasteiger charge is -2.16. The number of nitrogens with zero attached hydrogens (tertiary/aromatic N) is 3. The second-order valence-corrected chi connectivity index (χ2v) is 3.93. The van der Waals surface area contributed by atoms with Crippen LogP contribution in [0.1, 0.15) is 0 Å². The van der Waals surface area contributed by atoms with Crippen LogP contribution in [0.3, 0.4) is 0 Å². The Balaban J connectivity index is 1.96. The molecule has 4 heteroatoms. The maximum absolute atomic E-state index is 4.45. The van der Waals surface area contributed by atoms with Crippen molar-refractivity contribution in [2.45, 2.75) is 0 Å². The monoisotopic (exact) mass is 203 g/mol. The van der Waals surface area contributed by atoms with Crippen molar-refractivity contribution in [1.29, 1.82) is 0 Å². The van der Waals surface area contributed by atoms with Gasteiger partial charge in [-0.05, 0) is 24.1 Å². The molecule has 0 saturated heterocycles. The highest BCUT2D eigenvalue weighted by atomic mass is 32.2. The number of anilines is 1. The van der Waals surface area contributed by atoms with Crippen molar-refractivity contribution in [3.8, 4) is 0 Å². The zero-order valence-corrected chi connectivity index (χ0v) is 8.37. The topological polar surface area (TPSA) is 28.0 Å². The Morgan fingerprint density at radius 2 is 2.07 bits per heavy atom. The van der Waals surface area contributed by atoms with Crippen molar-refractivity contribution in [1.82, 2.24) is 0 Å². The van der Waals surface area contributed by atoms with Gasteiger partial charge in [0.15, 0.2) is 5.84 Å². The van der Waals surface area contributed by atoms with E-state index in [4.69, 9.17) is 0 Å². The number of benzene rings is 1. The van der Waals surface area contributed by atoms with Gasteiger partial charge in [-0.1, -0.05) is 18.2 Å². The van der Waals surface area contributed by atoms with Gasteiger partial charge in [-0.25, -0.2) is 0 Å². The van der Waals surface area contributed by atoms with Crippen LogP contribution in [0.15, 0.2) is 39.7 Å². The van der Waals surface area contributed by atoms with Gasteiger partial charge in [-0.3, -0.25) is 4.99 Å². The third-order valence-electron chi connectivity index (χ3n) is 2.34. The van der Waals surface area contributed by atoms with Gasteiger partial charge >= 0.3 is 0 Å². The van der Waals surface area contributed by atoms with Crippen molar-refractivity contribution in [2.75, 3.05) is 17.3 Å². The minimum Gasteiger partial charge on any atom is -0.304 e. The van der Waals surface area contributed by atoms with Crippen LogP contribution in [0.25, 0.3) is 0 Å². The van der Waals surface area contributed by atoms with Crippen molar-refractivity contribution in [2.24, 2.45) is 9.39 Å². The van der Waals surface area contributed by atoms with E-state index < -0.39 is 0 Å². The fourth-order valence-corrected chi connectivity index (χ4v) is 2.36. The number of hydrogen-bond donors (Lipinski definition) is 0. The standard InChI is InChI=1S/C10H9N3S/c1-2-4-8(5-3-1)13-7-11-9-6-14-12-10(9)13/h1-5H,6-7H2. The third-order valence-corrected chi connectivity index (χ3v) is 3.04. The number of hydrogen-bond acceptors (Lipinski definition) is 4.